The number of nitrogens with zero attached hydrogens (tertiary/aromatic N) is 3. The Hall–Kier alpha value is -2.86. The van der Waals surface area contributed by atoms with Gasteiger partial charge >= 0.3 is 0 Å². The Kier molecular flexibility index (Phi) is 6.86. The number of anilines is 1. The van der Waals surface area contributed by atoms with E-state index < -0.39 is 5.91 Å². The first kappa shape index (κ1) is 22.9. The number of fused-ring (bicyclic) bond motifs is 1. The van der Waals surface area contributed by atoms with E-state index in [0.717, 1.165) is 43.2 Å². The molecule has 2 aliphatic rings. The minimum absolute atomic E-state index is 0.427. The Labute approximate surface area is 202 Å². The summed E-state index contributed by atoms with van der Waals surface area (Å²) in [7, 11) is 0. The average Bonchev–Trinajstić information content (AvgIpc) is 3.52. The highest BCUT2D eigenvalue weighted by molar-refractivity contribution is 5.93. The summed E-state index contributed by atoms with van der Waals surface area (Å²) >= 11 is 0. The molecule has 0 radical (unpaired) electrons. The van der Waals surface area contributed by atoms with Gasteiger partial charge in [0.1, 0.15) is 11.3 Å². The molecule has 1 saturated carbocycles. The Balaban J connectivity index is 1.23. The smallest absolute Gasteiger partial charge is 0.267 e. The number of aryl methyl sites for hydroxylation is 1. The standard InChI is InChI=1S/C28H36N4O2/c1-2-25-27(28(29)33)32-23(6-5-9-26(32)30-25)18-20-10-12-22(13-11-20)31-16-14-21(15-17-31)19-34-24-7-3-4-8-24/h5-6,9-13,21,24H,2-4,7-8,14-19H2,1H3,(H2,29,33). The Morgan fingerprint density at radius 1 is 1.06 bits per heavy atom. The zero-order chi connectivity index (χ0) is 23.5. The van der Waals surface area contributed by atoms with Crippen LogP contribution in [0.1, 0.15) is 72.9 Å². The molecule has 0 unspecified atom stereocenters. The minimum Gasteiger partial charge on any atom is -0.378 e. The molecule has 1 saturated heterocycles. The van der Waals surface area contributed by atoms with Crippen LogP contribution in [0, 0.1) is 5.92 Å². The third kappa shape index (κ3) is 4.83. The third-order valence-corrected chi connectivity index (χ3v) is 7.54. The molecule has 2 N–H and O–H groups in total. The Morgan fingerprint density at radius 2 is 1.79 bits per heavy atom. The quantitative estimate of drug-likeness (QED) is 0.526. The number of nitrogens with two attached hydrogens (primary N) is 1. The van der Waals surface area contributed by atoms with Crippen LogP contribution in [0.15, 0.2) is 42.5 Å². The minimum atomic E-state index is -0.427. The van der Waals surface area contributed by atoms with Crippen LogP contribution < -0.4 is 10.6 Å². The van der Waals surface area contributed by atoms with Crippen molar-refractivity contribution in [2.75, 3.05) is 24.6 Å². The van der Waals surface area contributed by atoms with E-state index in [1.807, 2.05) is 29.5 Å². The second-order valence-electron chi connectivity index (χ2n) is 9.85. The van der Waals surface area contributed by atoms with Crippen LogP contribution in [0.5, 0.6) is 0 Å². The first-order valence-electron chi connectivity index (χ1n) is 12.9. The lowest BCUT2D eigenvalue weighted by Gasteiger charge is -2.34. The van der Waals surface area contributed by atoms with E-state index in [9.17, 15) is 4.79 Å². The van der Waals surface area contributed by atoms with Crippen molar-refractivity contribution < 1.29 is 9.53 Å². The maximum atomic E-state index is 12.2. The molecule has 1 aliphatic heterocycles. The first-order valence-corrected chi connectivity index (χ1v) is 12.9. The van der Waals surface area contributed by atoms with E-state index >= 15 is 0 Å². The topological polar surface area (TPSA) is 72.9 Å². The number of hydrogen-bond donors (Lipinski definition) is 1. The van der Waals surface area contributed by atoms with E-state index in [-0.39, 0.29) is 0 Å². The molecular weight excluding hydrogens is 424 g/mol. The van der Waals surface area contributed by atoms with Gasteiger partial charge in [-0.3, -0.25) is 9.20 Å². The number of carbonyl (C=O) groups is 1. The van der Waals surface area contributed by atoms with Gasteiger partial charge in [0.15, 0.2) is 0 Å². The molecule has 0 atom stereocenters. The number of imidazole rings is 1. The van der Waals surface area contributed by atoms with E-state index in [1.165, 1.54) is 49.8 Å². The number of aromatic nitrogens is 2. The van der Waals surface area contributed by atoms with Gasteiger partial charge in [0.05, 0.1) is 11.8 Å². The van der Waals surface area contributed by atoms with Crippen LogP contribution in [0.3, 0.4) is 0 Å². The van der Waals surface area contributed by atoms with Crippen LogP contribution in [0.25, 0.3) is 5.65 Å². The lowest BCUT2D eigenvalue weighted by Crippen LogP contribution is -2.35. The van der Waals surface area contributed by atoms with Crippen LogP contribution >= 0.6 is 0 Å². The largest absolute Gasteiger partial charge is 0.378 e. The molecule has 2 aromatic heterocycles. The number of rotatable bonds is 8. The van der Waals surface area contributed by atoms with Crippen molar-refractivity contribution in [3.63, 3.8) is 0 Å². The van der Waals surface area contributed by atoms with Crippen molar-refractivity contribution in [2.45, 2.75) is 64.4 Å². The highest BCUT2D eigenvalue weighted by atomic mass is 16.5. The second kappa shape index (κ2) is 10.2. The molecule has 6 nitrogen and oxygen atoms in total. The second-order valence-corrected chi connectivity index (χ2v) is 9.85. The summed E-state index contributed by atoms with van der Waals surface area (Å²) < 4.78 is 8.09. The predicted molar refractivity (Wildman–Crippen MR) is 135 cm³/mol. The predicted octanol–water partition coefficient (Wildman–Crippen LogP) is 4.76. The van der Waals surface area contributed by atoms with Crippen molar-refractivity contribution in [1.82, 2.24) is 9.38 Å². The summed E-state index contributed by atoms with van der Waals surface area (Å²) in [6.07, 6.45) is 9.50. The van der Waals surface area contributed by atoms with E-state index in [4.69, 9.17) is 10.5 Å². The number of carbonyl (C=O) groups excluding carboxylic acids is 1. The molecule has 34 heavy (non-hydrogen) atoms. The molecule has 3 heterocycles. The van der Waals surface area contributed by atoms with Crippen LogP contribution in [-0.4, -0.2) is 41.1 Å². The molecule has 5 rings (SSSR count). The lowest BCUT2D eigenvalue weighted by atomic mass is 9.97. The Bertz CT molecular complexity index is 1120. The number of piperidine rings is 1. The van der Waals surface area contributed by atoms with Crippen molar-refractivity contribution in [1.29, 1.82) is 0 Å². The highest BCUT2D eigenvalue weighted by Gasteiger charge is 2.23. The van der Waals surface area contributed by atoms with Crippen molar-refractivity contribution >= 4 is 17.2 Å². The van der Waals surface area contributed by atoms with Crippen molar-refractivity contribution in [3.05, 3.63) is 65.1 Å². The number of pyridine rings is 1. The fraction of sp³-hybridized carbons (Fsp3) is 0.500. The average molecular weight is 461 g/mol. The molecule has 2 fully saturated rings. The van der Waals surface area contributed by atoms with Crippen LogP contribution in [0.2, 0.25) is 0 Å². The number of hydrogen-bond acceptors (Lipinski definition) is 4. The molecule has 0 bridgehead atoms. The van der Waals surface area contributed by atoms with E-state index in [1.54, 1.807) is 0 Å². The maximum absolute atomic E-state index is 12.2. The molecule has 1 amide bonds. The molecule has 180 valence electrons. The van der Waals surface area contributed by atoms with Gasteiger partial charge in [0.2, 0.25) is 0 Å². The monoisotopic (exact) mass is 460 g/mol. The zero-order valence-electron chi connectivity index (χ0n) is 20.2. The lowest BCUT2D eigenvalue weighted by molar-refractivity contribution is 0.0281. The van der Waals surface area contributed by atoms with Crippen molar-refractivity contribution in [2.24, 2.45) is 11.7 Å². The van der Waals surface area contributed by atoms with Gasteiger partial charge < -0.3 is 15.4 Å². The fourth-order valence-corrected chi connectivity index (χ4v) is 5.56. The molecule has 1 aromatic carbocycles. The molecule has 6 heteroatoms. The summed E-state index contributed by atoms with van der Waals surface area (Å²) in [5, 5.41) is 0. The number of primary amides is 1. The zero-order valence-corrected chi connectivity index (χ0v) is 20.2. The molecular formula is C28H36N4O2. The van der Waals surface area contributed by atoms with Crippen LogP contribution in [-0.2, 0) is 17.6 Å². The SMILES string of the molecule is CCc1nc2cccc(Cc3ccc(N4CCC(COC5CCCC5)CC4)cc3)n2c1C(N)=O. The summed E-state index contributed by atoms with van der Waals surface area (Å²) in [4.78, 5) is 19.3. The highest BCUT2D eigenvalue weighted by Crippen LogP contribution is 2.27. The summed E-state index contributed by atoms with van der Waals surface area (Å²) in [6.45, 7) is 5.12. The Morgan fingerprint density at radius 3 is 2.47 bits per heavy atom. The van der Waals surface area contributed by atoms with Crippen molar-refractivity contribution in [3.8, 4) is 0 Å². The molecule has 1 aliphatic carbocycles. The van der Waals surface area contributed by atoms with Gasteiger partial charge in [-0.2, -0.15) is 0 Å². The molecule has 3 aromatic rings. The maximum Gasteiger partial charge on any atom is 0.267 e. The third-order valence-electron chi connectivity index (χ3n) is 7.54. The van der Waals surface area contributed by atoms with E-state index in [0.29, 0.717) is 24.1 Å². The fourth-order valence-electron chi connectivity index (χ4n) is 5.56. The van der Waals surface area contributed by atoms with Gasteiger partial charge in [0.25, 0.3) is 5.91 Å². The normalized spacial score (nSPS) is 17.6. The van der Waals surface area contributed by atoms with Gasteiger partial charge in [-0.05, 0) is 67.9 Å². The van der Waals surface area contributed by atoms with Crippen LogP contribution in [0.4, 0.5) is 5.69 Å². The van der Waals surface area contributed by atoms with E-state index in [2.05, 4.69) is 34.1 Å². The first-order chi connectivity index (χ1) is 16.6. The number of amides is 1. The summed E-state index contributed by atoms with van der Waals surface area (Å²) in [5.41, 5.74) is 11.3. The number of benzene rings is 1. The molecule has 0 spiro atoms. The van der Waals surface area contributed by atoms with Gasteiger partial charge in [-0.1, -0.05) is 38.0 Å². The number of ether oxygens (including phenoxy) is 1. The van der Waals surface area contributed by atoms with Gasteiger partial charge in [-0.25, -0.2) is 4.98 Å². The van der Waals surface area contributed by atoms with Gasteiger partial charge in [-0.15, -0.1) is 0 Å². The van der Waals surface area contributed by atoms with Gasteiger partial charge in [0, 0.05) is 37.5 Å². The summed E-state index contributed by atoms with van der Waals surface area (Å²) in [6, 6.07) is 14.8. The summed E-state index contributed by atoms with van der Waals surface area (Å²) in [5.74, 6) is 0.267.